The van der Waals surface area contributed by atoms with Gasteiger partial charge < -0.3 is 15.2 Å². The minimum Gasteiger partial charge on any atom is -0.345 e. The van der Waals surface area contributed by atoms with Crippen molar-refractivity contribution >= 4 is 18.3 Å². The molecule has 0 saturated carbocycles. The molecule has 2 atom stereocenters. The van der Waals surface area contributed by atoms with Gasteiger partial charge in [0.1, 0.15) is 0 Å². The molecule has 124 valence electrons. The Kier molecular flexibility index (Phi) is 6.12. The summed E-state index contributed by atoms with van der Waals surface area (Å²) in [5.41, 5.74) is 0.869. The third kappa shape index (κ3) is 4.30. The molecule has 23 heavy (non-hydrogen) atoms. The molecule has 1 aromatic heterocycles. The minimum absolute atomic E-state index is 0. The first kappa shape index (κ1) is 17.4. The Labute approximate surface area is 141 Å². The summed E-state index contributed by atoms with van der Waals surface area (Å²) in [5, 5.41) is 10.1. The fourth-order valence-electron chi connectivity index (χ4n) is 2.56. The summed E-state index contributed by atoms with van der Waals surface area (Å²) in [6.07, 6.45) is 3.09. The third-order valence-electron chi connectivity index (χ3n) is 3.84. The molecule has 6 nitrogen and oxygen atoms in total. The summed E-state index contributed by atoms with van der Waals surface area (Å²) in [4.78, 5) is 16.6. The van der Waals surface area contributed by atoms with E-state index in [4.69, 9.17) is 4.52 Å². The zero-order valence-electron chi connectivity index (χ0n) is 13.0. The second-order valence-electron chi connectivity index (χ2n) is 5.56. The molecule has 1 saturated heterocycles. The van der Waals surface area contributed by atoms with E-state index in [0.29, 0.717) is 11.7 Å². The lowest BCUT2D eigenvalue weighted by molar-refractivity contribution is -0.124. The molecule has 1 aliphatic rings. The van der Waals surface area contributed by atoms with Crippen LogP contribution in [0.1, 0.15) is 38.1 Å². The Morgan fingerprint density at radius 3 is 2.83 bits per heavy atom. The van der Waals surface area contributed by atoms with Gasteiger partial charge in [0.25, 0.3) is 5.89 Å². The molecule has 2 unspecified atom stereocenters. The fourth-order valence-corrected chi connectivity index (χ4v) is 2.56. The first-order chi connectivity index (χ1) is 10.7. The van der Waals surface area contributed by atoms with E-state index < -0.39 is 0 Å². The van der Waals surface area contributed by atoms with E-state index in [0.717, 1.165) is 31.4 Å². The van der Waals surface area contributed by atoms with E-state index in [9.17, 15) is 4.79 Å². The predicted octanol–water partition coefficient (Wildman–Crippen LogP) is 2.48. The van der Waals surface area contributed by atoms with Crippen molar-refractivity contribution in [3.05, 3.63) is 36.2 Å². The molecule has 0 aliphatic carbocycles. The number of aromatic nitrogens is 2. The van der Waals surface area contributed by atoms with Gasteiger partial charge in [-0.3, -0.25) is 4.79 Å². The molecule has 3 rings (SSSR count). The average Bonchev–Trinajstić information content (AvgIpc) is 3.06. The van der Waals surface area contributed by atoms with Crippen molar-refractivity contribution in [2.45, 2.75) is 38.3 Å². The number of hydrogen-bond donors (Lipinski definition) is 2. The van der Waals surface area contributed by atoms with Gasteiger partial charge >= 0.3 is 0 Å². The van der Waals surface area contributed by atoms with Gasteiger partial charge in [0.05, 0.1) is 12.1 Å². The SMILES string of the molecule is CC(NC(=O)C1CCCCN1)c1noc(-c2ccccc2)n1.Cl. The molecule has 1 aliphatic heterocycles. The largest absolute Gasteiger partial charge is 0.345 e. The van der Waals surface area contributed by atoms with Gasteiger partial charge in [-0.15, -0.1) is 12.4 Å². The zero-order valence-corrected chi connectivity index (χ0v) is 13.8. The van der Waals surface area contributed by atoms with E-state index >= 15 is 0 Å². The van der Waals surface area contributed by atoms with Gasteiger partial charge in [-0.1, -0.05) is 29.8 Å². The number of halogens is 1. The Morgan fingerprint density at radius 1 is 1.35 bits per heavy atom. The van der Waals surface area contributed by atoms with Crippen LogP contribution in [-0.4, -0.2) is 28.6 Å². The highest BCUT2D eigenvalue weighted by Crippen LogP contribution is 2.19. The van der Waals surface area contributed by atoms with E-state index in [-0.39, 0.29) is 30.4 Å². The number of rotatable bonds is 4. The number of carbonyl (C=O) groups excluding carboxylic acids is 1. The fraction of sp³-hybridized carbons (Fsp3) is 0.438. The molecule has 0 radical (unpaired) electrons. The summed E-state index contributed by atoms with van der Waals surface area (Å²) in [7, 11) is 0. The maximum Gasteiger partial charge on any atom is 0.257 e. The molecular formula is C16H21ClN4O2. The average molecular weight is 337 g/mol. The second kappa shape index (κ2) is 8.08. The molecule has 1 fully saturated rings. The van der Waals surface area contributed by atoms with Crippen LogP contribution in [0.3, 0.4) is 0 Å². The number of nitrogens with one attached hydrogen (secondary N) is 2. The van der Waals surface area contributed by atoms with Crippen LogP contribution in [-0.2, 0) is 4.79 Å². The number of amides is 1. The van der Waals surface area contributed by atoms with Crippen LogP contribution in [0.25, 0.3) is 11.5 Å². The predicted molar refractivity (Wildman–Crippen MR) is 89.2 cm³/mol. The number of benzene rings is 1. The van der Waals surface area contributed by atoms with Gasteiger partial charge in [0.2, 0.25) is 5.91 Å². The van der Waals surface area contributed by atoms with E-state index in [1.165, 1.54) is 0 Å². The molecule has 2 aromatic rings. The van der Waals surface area contributed by atoms with Gasteiger partial charge in [-0.2, -0.15) is 4.98 Å². The molecule has 7 heteroatoms. The number of piperidine rings is 1. The summed E-state index contributed by atoms with van der Waals surface area (Å²) in [5.74, 6) is 0.953. The molecule has 1 amide bonds. The standard InChI is InChI=1S/C16H20N4O2.ClH/c1-11(18-15(21)13-9-5-6-10-17-13)14-19-16(22-20-14)12-7-3-2-4-8-12;/h2-4,7-8,11,13,17H,5-6,9-10H2,1H3,(H,18,21);1H. The van der Waals surface area contributed by atoms with Gasteiger partial charge in [0, 0.05) is 5.56 Å². The molecule has 1 aromatic carbocycles. The highest BCUT2D eigenvalue weighted by Gasteiger charge is 2.24. The summed E-state index contributed by atoms with van der Waals surface area (Å²) in [6, 6.07) is 9.19. The number of nitrogens with zero attached hydrogens (tertiary/aromatic N) is 2. The quantitative estimate of drug-likeness (QED) is 0.896. The Hall–Kier alpha value is -1.92. The monoisotopic (exact) mass is 336 g/mol. The van der Waals surface area contributed by atoms with Crippen molar-refractivity contribution in [2.75, 3.05) is 6.54 Å². The zero-order chi connectivity index (χ0) is 15.4. The van der Waals surface area contributed by atoms with Gasteiger partial charge in [-0.25, -0.2) is 0 Å². The van der Waals surface area contributed by atoms with Crippen molar-refractivity contribution in [3.63, 3.8) is 0 Å². The molecular weight excluding hydrogens is 316 g/mol. The third-order valence-corrected chi connectivity index (χ3v) is 3.84. The van der Waals surface area contributed by atoms with E-state index in [2.05, 4.69) is 20.8 Å². The van der Waals surface area contributed by atoms with Gasteiger partial charge in [0.15, 0.2) is 5.82 Å². The number of carbonyl (C=O) groups is 1. The van der Waals surface area contributed by atoms with Crippen LogP contribution < -0.4 is 10.6 Å². The highest BCUT2D eigenvalue weighted by molar-refractivity contribution is 5.85. The lowest BCUT2D eigenvalue weighted by atomic mass is 10.0. The summed E-state index contributed by atoms with van der Waals surface area (Å²) >= 11 is 0. The Balaban J connectivity index is 0.00000192. The van der Waals surface area contributed by atoms with Crippen LogP contribution in [0.15, 0.2) is 34.9 Å². The molecule has 2 heterocycles. The normalized spacial score (nSPS) is 18.7. The van der Waals surface area contributed by atoms with Crippen LogP contribution in [0.5, 0.6) is 0 Å². The molecule has 0 spiro atoms. The molecule has 0 bridgehead atoms. The number of hydrogen-bond acceptors (Lipinski definition) is 5. The Morgan fingerprint density at radius 2 is 2.13 bits per heavy atom. The van der Waals surface area contributed by atoms with E-state index in [1.807, 2.05) is 37.3 Å². The molecule has 2 N–H and O–H groups in total. The van der Waals surface area contributed by atoms with Crippen LogP contribution >= 0.6 is 12.4 Å². The topological polar surface area (TPSA) is 80.0 Å². The van der Waals surface area contributed by atoms with E-state index in [1.54, 1.807) is 0 Å². The second-order valence-corrected chi connectivity index (χ2v) is 5.56. The van der Waals surface area contributed by atoms with Crippen molar-refractivity contribution in [3.8, 4) is 11.5 Å². The lowest BCUT2D eigenvalue weighted by Gasteiger charge is -2.23. The summed E-state index contributed by atoms with van der Waals surface area (Å²) in [6.45, 7) is 2.76. The van der Waals surface area contributed by atoms with Crippen LogP contribution in [0, 0.1) is 0 Å². The first-order valence-electron chi connectivity index (χ1n) is 7.67. The van der Waals surface area contributed by atoms with Crippen molar-refractivity contribution in [1.29, 1.82) is 0 Å². The van der Waals surface area contributed by atoms with Crippen molar-refractivity contribution < 1.29 is 9.32 Å². The van der Waals surface area contributed by atoms with Crippen LogP contribution in [0.2, 0.25) is 0 Å². The maximum absolute atomic E-state index is 12.2. The Bertz CT molecular complexity index is 626. The maximum atomic E-state index is 12.2. The smallest absolute Gasteiger partial charge is 0.257 e. The first-order valence-corrected chi connectivity index (χ1v) is 7.67. The lowest BCUT2D eigenvalue weighted by Crippen LogP contribution is -2.47. The summed E-state index contributed by atoms with van der Waals surface area (Å²) < 4.78 is 5.27. The van der Waals surface area contributed by atoms with Crippen molar-refractivity contribution in [1.82, 2.24) is 20.8 Å². The van der Waals surface area contributed by atoms with Crippen molar-refractivity contribution in [2.24, 2.45) is 0 Å². The van der Waals surface area contributed by atoms with Crippen LogP contribution in [0.4, 0.5) is 0 Å². The van der Waals surface area contributed by atoms with Gasteiger partial charge in [-0.05, 0) is 38.4 Å². The minimum atomic E-state index is -0.280. The highest BCUT2D eigenvalue weighted by atomic mass is 35.5.